The maximum Gasteiger partial charge on any atom is 0.338 e. The minimum absolute atomic E-state index is 0.0735. The van der Waals surface area contributed by atoms with Crippen LogP contribution in [0.2, 0.25) is 0 Å². The number of hydrogen-bond donors (Lipinski definition) is 2. The van der Waals surface area contributed by atoms with Gasteiger partial charge >= 0.3 is 12.0 Å². The summed E-state index contributed by atoms with van der Waals surface area (Å²) >= 11 is 0. The summed E-state index contributed by atoms with van der Waals surface area (Å²) in [5.41, 5.74) is 0.704. The summed E-state index contributed by atoms with van der Waals surface area (Å²) in [6.45, 7) is 1.89. The predicted octanol–water partition coefficient (Wildman–Crippen LogP) is 1.64. The van der Waals surface area contributed by atoms with E-state index in [9.17, 15) is 14.0 Å². The zero-order valence-corrected chi connectivity index (χ0v) is 12.3. The Bertz CT molecular complexity index is 615. The average Bonchev–Trinajstić information content (AvgIpc) is 2.47. The highest BCUT2D eigenvalue weighted by Gasteiger charge is 2.33. The van der Waals surface area contributed by atoms with Crippen LogP contribution in [0.1, 0.15) is 18.5 Å². The molecule has 0 saturated heterocycles. The second-order valence-electron chi connectivity index (χ2n) is 4.72. The van der Waals surface area contributed by atoms with Gasteiger partial charge in [0.1, 0.15) is 12.4 Å². The van der Waals surface area contributed by atoms with Gasteiger partial charge in [0.2, 0.25) is 0 Å². The number of rotatable bonds is 5. The first-order valence-corrected chi connectivity index (χ1v) is 6.73. The zero-order valence-electron chi connectivity index (χ0n) is 12.3. The van der Waals surface area contributed by atoms with Crippen LogP contribution >= 0.6 is 0 Å². The number of benzene rings is 1. The predicted molar refractivity (Wildman–Crippen MR) is 76.3 cm³/mol. The van der Waals surface area contributed by atoms with Gasteiger partial charge in [-0.3, -0.25) is 0 Å². The second kappa shape index (κ2) is 7.04. The van der Waals surface area contributed by atoms with Gasteiger partial charge in [-0.25, -0.2) is 14.0 Å². The first kappa shape index (κ1) is 16.0. The number of ether oxygens (including phenoxy) is 2. The highest BCUT2D eigenvalue weighted by molar-refractivity contribution is 5.95. The molecule has 22 heavy (non-hydrogen) atoms. The van der Waals surface area contributed by atoms with Gasteiger partial charge in [0.15, 0.2) is 0 Å². The van der Waals surface area contributed by atoms with Crippen LogP contribution in [0.5, 0.6) is 0 Å². The molecule has 0 aromatic heterocycles. The molecule has 0 radical (unpaired) electrons. The number of allylic oxidation sites excluding steroid dienone is 1. The number of halogens is 1. The minimum Gasteiger partial charge on any atom is -0.460 e. The Balaban J connectivity index is 2.33. The van der Waals surface area contributed by atoms with Crippen molar-refractivity contribution >= 4 is 12.0 Å². The number of urea groups is 1. The van der Waals surface area contributed by atoms with Gasteiger partial charge in [0.05, 0.1) is 18.2 Å². The van der Waals surface area contributed by atoms with Gasteiger partial charge in [-0.1, -0.05) is 18.2 Å². The van der Waals surface area contributed by atoms with Crippen LogP contribution in [0.3, 0.4) is 0 Å². The van der Waals surface area contributed by atoms with Crippen molar-refractivity contribution in [3.63, 3.8) is 0 Å². The third kappa shape index (κ3) is 3.43. The Morgan fingerprint density at radius 2 is 2.05 bits per heavy atom. The summed E-state index contributed by atoms with van der Waals surface area (Å²) in [5, 5.41) is 5.04. The number of nitrogens with one attached hydrogen (secondary N) is 2. The van der Waals surface area contributed by atoms with Crippen molar-refractivity contribution in [2.24, 2.45) is 0 Å². The normalized spacial score (nSPS) is 17.8. The van der Waals surface area contributed by atoms with Crippen LogP contribution in [0.4, 0.5) is 9.18 Å². The highest BCUT2D eigenvalue weighted by Crippen LogP contribution is 2.29. The van der Waals surface area contributed by atoms with Crippen molar-refractivity contribution in [3.8, 4) is 0 Å². The van der Waals surface area contributed by atoms with E-state index in [1.54, 1.807) is 13.0 Å². The monoisotopic (exact) mass is 308 g/mol. The molecular weight excluding hydrogens is 291 g/mol. The molecule has 1 unspecified atom stereocenters. The Kier molecular flexibility index (Phi) is 5.11. The smallest absolute Gasteiger partial charge is 0.338 e. The number of carbonyl (C=O) groups excluding carboxylic acids is 2. The lowest BCUT2D eigenvalue weighted by atomic mass is 9.95. The second-order valence-corrected chi connectivity index (χ2v) is 4.72. The molecule has 6 nitrogen and oxygen atoms in total. The fraction of sp³-hybridized carbons (Fsp3) is 0.333. The Labute approximate surface area is 127 Å². The van der Waals surface area contributed by atoms with Crippen LogP contribution in [0.15, 0.2) is 35.5 Å². The number of amides is 2. The molecule has 1 aliphatic heterocycles. The maximum atomic E-state index is 14.0. The molecule has 0 bridgehead atoms. The quantitative estimate of drug-likeness (QED) is 0.640. The van der Waals surface area contributed by atoms with Crippen molar-refractivity contribution < 1.29 is 23.5 Å². The molecule has 2 amide bonds. The lowest BCUT2D eigenvalue weighted by molar-refractivity contribution is -0.140. The van der Waals surface area contributed by atoms with E-state index >= 15 is 0 Å². The summed E-state index contributed by atoms with van der Waals surface area (Å²) in [6.07, 6.45) is 0. The van der Waals surface area contributed by atoms with Gasteiger partial charge in [0, 0.05) is 18.4 Å². The Morgan fingerprint density at radius 1 is 1.32 bits per heavy atom. The lowest BCUT2D eigenvalue weighted by Gasteiger charge is -2.28. The molecule has 1 atom stereocenters. The van der Waals surface area contributed by atoms with Gasteiger partial charge < -0.3 is 20.1 Å². The van der Waals surface area contributed by atoms with Crippen LogP contribution in [0, 0.1) is 5.82 Å². The van der Waals surface area contributed by atoms with Crippen LogP contribution < -0.4 is 10.6 Å². The summed E-state index contributed by atoms with van der Waals surface area (Å²) in [4.78, 5) is 23.9. The molecule has 0 fully saturated rings. The SMILES string of the molecule is COCCOC(=O)C1=C(C)NC(=O)NC1c1ccccc1F. The van der Waals surface area contributed by atoms with E-state index in [0.717, 1.165) is 0 Å². The molecule has 2 N–H and O–H groups in total. The molecule has 1 aromatic rings. The molecule has 1 heterocycles. The largest absolute Gasteiger partial charge is 0.460 e. The van der Waals surface area contributed by atoms with E-state index in [4.69, 9.17) is 9.47 Å². The van der Waals surface area contributed by atoms with E-state index in [0.29, 0.717) is 5.70 Å². The van der Waals surface area contributed by atoms with Crippen molar-refractivity contribution in [2.45, 2.75) is 13.0 Å². The number of carbonyl (C=O) groups is 2. The van der Waals surface area contributed by atoms with E-state index in [2.05, 4.69) is 10.6 Å². The van der Waals surface area contributed by atoms with Crippen molar-refractivity contribution in [2.75, 3.05) is 20.3 Å². The molecule has 1 aromatic carbocycles. The van der Waals surface area contributed by atoms with E-state index in [1.165, 1.54) is 25.3 Å². The molecule has 1 aliphatic rings. The molecule has 118 valence electrons. The Morgan fingerprint density at radius 3 is 2.73 bits per heavy atom. The minimum atomic E-state index is -0.898. The number of hydrogen-bond acceptors (Lipinski definition) is 4. The summed E-state index contributed by atoms with van der Waals surface area (Å²) < 4.78 is 23.9. The van der Waals surface area contributed by atoms with Crippen molar-refractivity contribution in [1.82, 2.24) is 10.6 Å². The first-order valence-electron chi connectivity index (χ1n) is 6.73. The van der Waals surface area contributed by atoms with Gasteiger partial charge in [0.25, 0.3) is 0 Å². The third-order valence-electron chi connectivity index (χ3n) is 3.23. The van der Waals surface area contributed by atoms with Gasteiger partial charge in [-0.05, 0) is 13.0 Å². The maximum absolute atomic E-state index is 14.0. The standard InChI is InChI=1S/C15H17FN2O4/c1-9-12(14(19)22-8-7-21-2)13(18-15(20)17-9)10-5-3-4-6-11(10)16/h3-6,13H,7-8H2,1-2H3,(H2,17,18,20). The third-order valence-corrected chi connectivity index (χ3v) is 3.23. The summed E-state index contributed by atoms with van der Waals surface area (Å²) in [6, 6.07) is 4.56. The van der Waals surface area contributed by atoms with Gasteiger partial charge in [-0.15, -0.1) is 0 Å². The molecule has 0 saturated carbocycles. The topological polar surface area (TPSA) is 76.7 Å². The first-order chi connectivity index (χ1) is 10.5. The van der Waals surface area contributed by atoms with E-state index in [1.807, 2.05) is 0 Å². The fourth-order valence-corrected chi connectivity index (χ4v) is 2.20. The summed E-state index contributed by atoms with van der Waals surface area (Å²) in [5.74, 6) is -1.14. The number of methoxy groups -OCH3 is 1. The molecule has 2 rings (SSSR count). The van der Waals surface area contributed by atoms with Crippen LogP contribution in [-0.4, -0.2) is 32.3 Å². The lowest BCUT2D eigenvalue weighted by Crippen LogP contribution is -2.45. The van der Waals surface area contributed by atoms with Crippen LogP contribution in [-0.2, 0) is 14.3 Å². The van der Waals surface area contributed by atoms with Crippen LogP contribution in [0.25, 0.3) is 0 Å². The summed E-state index contributed by atoms with van der Waals surface area (Å²) in [7, 11) is 1.49. The number of esters is 1. The fourth-order valence-electron chi connectivity index (χ4n) is 2.20. The highest BCUT2D eigenvalue weighted by atomic mass is 19.1. The van der Waals surface area contributed by atoms with Gasteiger partial charge in [-0.2, -0.15) is 0 Å². The molecular formula is C15H17FN2O4. The molecule has 0 aliphatic carbocycles. The van der Waals surface area contributed by atoms with E-state index in [-0.39, 0.29) is 24.4 Å². The van der Waals surface area contributed by atoms with Crippen molar-refractivity contribution in [1.29, 1.82) is 0 Å². The molecule has 7 heteroatoms. The average molecular weight is 308 g/mol. The van der Waals surface area contributed by atoms with E-state index < -0.39 is 23.9 Å². The van der Waals surface area contributed by atoms with Crippen molar-refractivity contribution in [3.05, 3.63) is 46.9 Å². The Hall–Kier alpha value is -2.41. The molecule has 0 spiro atoms. The zero-order chi connectivity index (χ0) is 16.1.